The molecule has 0 amide bonds. The minimum atomic E-state index is -0.606. The van der Waals surface area contributed by atoms with Gasteiger partial charge in [0.2, 0.25) is 0 Å². The monoisotopic (exact) mass is 383 g/mol. The molecule has 3 aromatic rings. The van der Waals surface area contributed by atoms with Crippen LogP contribution in [-0.2, 0) is 4.74 Å². The van der Waals surface area contributed by atoms with Crippen molar-refractivity contribution in [1.82, 2.24) is 0 Å². The highest BCUT2D eigenvalue weighted by Gasteiger charge is 2.09. The van der Waals surface area contributed by atoms with Crippen LogP contribution in [0.5, 0.6) is 5.75 Å². The van der Waals surface area contributed by atoms with Crippen LogP contribution in [0.25, 0.3) is 11.0 Å². The van der Waals surface area contributed by atoms with Crippen LogP contribution in [0.1, 0.15) is 34.6 Å². The second-order valence-electron chi connectivity index (χ2n) is 5.75. The topological polar surface area (TPSA) is 109 Å². The van der Waals surface area contributed by atoms with Crippen molar-refractivity contribution in [2.24, 2.45) is 0 Å². The molecule has 2 aromatic carbocycles. The Labute approximate surface area is 161 Å². The lowest BCUT2D eigenvalue weighted by Crippen LogP contribution is -2.10. The third-order valence-corrected chi connectivity index (χ3v) is 3.74. The van der Waals surface area contributed by atoms with Gasteiger partial charge in [0.25, 0.3) is 0 Å². The van der Waals surface area contributed by atoms with Crippen molar-refractivity contribution >= 4 is 28.4 Å². The molecule has 146 valence electrons. The SMILES string of the molecule is CCOC(=O)c1ccc(N)cc1.COc1ccc2oc(=O)c(C(C)=O)cc2c1. The standard InChI is InChI=1S/C12H10O4.C9H11NO2/c1-7(13)10-6-8-5-9(15-2)3-4-11(8)16-12(10)14;1-2-12-9(11)7-3-5-8(10)6-4-7/h3-6H,1-2H3;3-6H,2,10H2,1H3. The third-order valence-electron chi connectivity index (χ3n) is 3.74. The molecule has 2 N–H and O–H groups in total. The second kappa shape index (κ2) is 9.36. The van der Waals surface area contributed by atoms with E-state index in [1.54, 1.807) is 56.5 Å². The van der Waals surface area contributed by atoms with E-state index in [0.29, 0.717) is 34.6 Å². The lowest BCUT2D eigenvalue weighted by atomic mass is 10.1. The molecular weight excluding hydrogens is 362 g/mol. The fraction of sp³-hybridized carbons (Fsp3) is 0.190. The molecule has 0 aliphatic rings. The summed E-state index contributed by atoms with van der Waals surface area (Å²) >= 11 is 0. The number of Topliss-reactive ketones (excluding diaryl/α,β-unsaturated/α-hetero) is 1. The Hall–Kier alpha value is -3.61. The molecule has 28 heavy (non-hydrogen) atoms. The van der Waals surface area contributed by atoms with E-state index >= 15 is 0 Å². The van der Waals surface area contributed by atoms with Crippen molar-refractivity contribution in [1.29, 1.82) is 0 Å². The summed E-state index contributed by atoms with van der Waals surface area (Å²) in [6, 6.07) is 13.2. The van der Waals surface area contributed by atoms with E-state index in [1.807, 2.05) is 0 Å². The number of fused-ring (bicyclic) bond motifs is 1. The van der Waals surface area contributed by atoms with Crippen molar-refractivity contribution in [3.63, 3.8) is 0 Å². The molecule has 7 heteroatoms. The molecule has 0 aliphatic heterocycles. The Balaban J connectivity index is 0.000000209. The number of hydrogen-bond acceptors (Lipinski definition) is 7. The molecule has 0 spiro atoms. The fourth-order valence-corrected chi connectivity index (χ4v) is 2.31. The maximum absolute atomic E-state index is 11.4. The van der Waals surface area contributed by atoms with Crippen LogP contribution in [0.15, 0.2) is 57.7 Å². The molecule has 0 atom stereocenters. The second-order valence-corrected chi connectivity index (χ2v) is 5.75. The highest BCUT2D eigenvalue weighted by molar-refractivity contribution is 5.96. The van der Waals surface area contributed by atoms with Crippen LogP contribution < -0.4 is 16.1 Å². The van der Waals surface area contributed by atoms with E-state index in [-0.39, 0.29) is 17.3 Å². The maximum atomic E-state index is 11.4. The Morgan fingerprint density at radius 3 is 2.32 bits per heavy atom. The van der Waals surface area contributed by atoms with E-state index in [4.69, 9.17) is 19.6 Å². The zero-order chi connectivity index (χ0) is 20.7. The van der Waals surface area contributed by atoms with Gasteiger partial charge in [-0.15, -0.1) is 0 Å². The van der Waals surface area contributed by atoms with E-state index in [9.17, 15) is 14.4 Å². The van der Waals surface area contributed by atoms with Gasteiger partial charge in [0.05, 0.1) is 19.3 Å². The maximum Gasteiger partial charge on any atom is 0.347 e. The highest BCUT2D eigenvalue weighted by atomic mass is 16.5. The summed E-state index contributed by atoms with van der Waals surface area (Å²) in [4.78, 5) is 33.7. The third kappa shape index (κ3) is 5.20. The minimum absolute atomic E-state index is 0.0563. The number of methoxy groups -OCH3 is 1. The van der Waals surface area contributed by atoms with Crippen LogP contribution in [0.3, 0.4) is 0 Å². The van der Waals surface area contributed by atoms with Crippen molar-refractivity contribution < 1.29 is 23.5 Å². The van der Waals surface area contributed by atoms with Gasteiger partial charge in [-0.3, -0.25) is 4.79 Å². The largest absolute Gasteiger partial charge is 0.497 e. The average Bonchev–Trinajstić information content (AvgIpc) is 2.68. The lowest BCUT2D eigenvalue weighted by molar-refractivity contribution is 0.0526. The summed E-state index contributed by atoms with van der Waals surface area (Å²) in [5, 5.41) is 0.671. The number of ketones is 1. The number of esters is 1. The number of ether oxygens (including phenoxy) is 2. The van der Waals surface area contributed by atoms with Crippen molar-refractivity contribution in [2.45, 2.75) is 13.8 Å². The van der Waals surface area contributed by atoms with Crippen LogP contribution in [0, 0.1) is 0 Å². The number of hydrogen-bond donors (Lipinski definition) is 1. The molecular formula is C21H21NO6. The summed E-state index contributed by atoms with van der Waals surface area (Å²) in [6.07, 6.45) is 0. The molecule has 0 saturated carbocycles. The molecule has 1 heterocycles. The zero-order valence-corrected chi connectivity index (χ0v) is 15.9. The van der Waals surface area contributed by atoms with E-state index in [2.05, 4.69) is 0 Å². The van der Waals surface area contributed by atoms with E-state index in [1.165, 1.54) is 13.0 Å². The number of carbonyl (C=O) groups is 2. The van der Waals surface area contributed by atoms with E-state index in [0.717, 1.165) is 0 Å². The molecule has 1 aromatic heterocycles. The van der Waals surface area contributed by atoms with Gasteiger partial charge in [0, 0.05) is 11.1 Å². The van der Waals surface area contributed by atoms with Gasteiger partial charge in [-0.1, -0.05) is 0 Å². The van der Waals surface area contributed by atoms with Gasteiger partial charge in [-0.25, -0.2) is 9.59 Å². The van der Waals surface area contributed by atoms with Gasteiger partial charge in [-0.05, 0) is 62.4 Å². The van der Waals surface area contributed by atoms with Crippen LogP contribution >= 0.6 is 0 Å². The van der Waals surface area contributed by atoms with E-state index < -0.39 is 5.63 Å². The van der Waals surface area contributed by atoms with Crippen LogP contribution in [0.4, 0.5) is 5.69 Å². The molecule has 0 unspecified atom stereocenters. The van der Waals surface area contributed by atoms with Gasteiger partial charge >= 0.3 is 11.6 Å². The summed E-state index contributed by atoms with van der Waals surface area (Å²) < 4.78 is 14.9. The summed E-state index contributed by atoms with van der Waals surface area (Å²) in [5.41, 5.74) is 6.51. The first-order valence-corrected chi connectivity index (χ1v) is 8.51. The van der Waals surface area contributed by atoms with Gasteiger partial charge in [0.15, 0.2) is 5.78 Å². The molecule has 0 radical (unpaired) electrons. The molecule has 0 aliphatic carbocycles. The Morgan fingerprint density at radius 2 is 1.75 bits per heavy atom. The molecule has 0 bridgehead atoms. The van der Waals surface area contributed by atoms with Crippen LogP contribution in [0.2, 0.25) is 0 Å². The Bertz CT molecular complexity index is 1040. The minimum Gasteiger partial charge on any atom is -0.497 e. The molecule has 0 fully saturated rings. The molecule has 3 rings (SSSR count). The van der Waals surface area contributed by atoms with Crippen molar-refractivity contribution in [3.05, 3.63) is 70.1 Å². The first kappa shape index (κ1) is 20.7. The van der Waals surface area contributed by atoms with Crippen LogP contribution in [-0.4, -0.2) is 25.5 Å². The molecule has 0 saturated heterocycles. The summed E-state index contributed by atoms with van der Waals surface area (Å²) in [5.74, 6) is 0.0341. The first-order chi connectivity index (χ1) is 13.3. The number of rotatable bonds is 4. The Morgan fingerprint density at radius 1 is 1.07 bits per heavy atom. The predicted octanol–water partition coefficient (Wildman–Crippen LogP) is 3.45. The Kier molecular flexibility index (Phi) is 6.92. The van der Waals surface area contributed by atoms with Gasteiger partial charge in [0.1, 0.15) is 16.9 Å². The number of carbonyl (C=O) groups excluding carboxylic acids is 2. The smallest absolute Gasteiger partial charge is 0.347 e. The average molecular weight is 383 g/mol. The number of anilines is 1. The zero-order valence-electron chi connectivity index (χ0n) is 15.9. The summed E-state index contributed by atoms with van der Waals surface area (Å²) in [7, 11) is 1.55. The quantitative estimate of drug-likeness (QED) is 0.318. The van der Waals surface area contributed by atoms with Gasteiger partial charge < -0.3 is 19.6 Å². The highest BCUT2D eigenvalue weighted by Crippen LogP contribution is 2.20. The molecule has 7 nitrogen and oxygen atoms in total. The fourth-order valence-electron chi connectivity index (χ4n) is 2.31. The normalized spacial score (nSPS) is 9.96. The number of benzene rings is 2. The summed E-state index contributed by atoms with van der Waals surface area (Å²) in [6.45, 7) is 3.50. The van der Waals surface area contributed by atoms with Crippen molar-refractivity contribution in [3.8, 4) is 5.75 Å². The number of nitrogen functional groups attached to an aromatic ring is 1. The predicted molar refractivity (Wildman–Crippen MR) is 106 cm³/mol. The number of nitrogens with two attached hydrogens (primary N) is 1. The van der Waals surface area contributed by atoms with Crippen molar-refractivity contribution in [2.75, 3.05) is 19.5 Å². The first-order valence-electron chi connectivity index (χ1n) is 8.51. The van der Waals surface area contributed by atoms with Gasteiger partial charge in [-0.2, -0.15) is 0 Å². The lowest BCUT2D eigenvalue weighted by Gasteiger charge is -2.02.